The molecule has 5 nitrogen and oxygen atoms in total. The smallest absolute Gasteiger partial charge is 0.301 e. The highest BCUT2D eigenvalue weighted by atomic mass is 32.2. The Kier molecular flexibility index (Phi) is 5.24. The third kappa shape index (κ3) is 5.30. The van der Waals surface area contributed by atoms with Crippen molar-refractivity contribution in [2.24, 2.45) is 0 Å². The maximum Gasteiger partial charge on any atom is 0.301 e. The van der Waals surface area contributed by atoms with Gasteiger partial charge in [-0.15, -0.1) is 0 Å². The summed E-state index contributed by atoms with van der Waals surface area (Å²) in [5.74, 6) is 0. The summed E-state index contributed by atoms with van der Waals surface area (Å²) >= 11 is 0. The minimum atomic E-state index is -3.48. The molecule has 2 rings (SSSR count). The van der Waals surface area contributed by atoms with E-state index in [2.05, 4.69) is 10.0 Å². The van der Waals surface area contributed by atoms with Crippen molar-refractivity contribution in [1.82, 2.24) is 9.62 Å². The van der Waals surface area contributed by atoms with Gasteiger partial charge in [0.05, 0.1) is 5.69 Å². The van der Waals surface area contributed by atoms with E-state index in [9.17, 15) is 8.42 Å². The number of hydrogen-bond acceptors (Lipinski definition) is 3. The second-order valence-electron chi connectivity index (χ2n) is 5.89. The lowest BCUT2D eigenvalue weighted by molar-refractivity contribution is 0.458. The van der Waals surface area contributed by atoms with Crippen molar-refractivity contribution in [1.29, 1.82) is 0 Å². The highest BCUT2D eigenvalue weighted by Gasteiger charge is 2.21. The van der Waals surface area contributed by atoms with Gasteiger partial charge >= 0.3 is 10.2 Å². The van der Waals surface area contributed by atoms with Crippen molar-refractivity contribution in [3.8, 4) is 0 Å². The Balaban J connectivity index is 1.86. The second kappa shape index (κ2) is 6.77. The predicted octanol–water partition coefficient (Wildman–Crippen LogP) is 2.03. The van der Waals surface area contributed by atoms with Crippen LogP contribution in [0.25, 0.3) is 0 Å². The van der Waals surface area contributed by atoms with E-state index < -0.39 is 10.2 Å². The van der Waals surface area contributed by atoms with Gasteiger partial charge in [0, 0.05) is 19.6 Å². The summed E-state index contributed by atoms with van der Waals surface area (Å²) in [6.45, 7) is 5.30. The van der Waals surface area contributed by atoms with Crippen LogP contribution in [0.2, 0.25) is 0 Å². The summed E-state index contributed by atoms with van der Waals surface area (Å²) < 4.78 is 28.5. The molecule has 1 aliphatic carbocycles. The first-order chi connectivity index (χ1) is 9.87. The van der Waals surface area contributed by atoms with Crippen LogP contribution in [0, 0.1) is 13.8 Å². The summed E-state index contributed by atoms with van der Waals surface area (Å²) in [5, 5.41) is 3.39. The van der Waals surface area contributed by atoms with Gasteiger partial charge in [-0.25, -0.2) is 0 Å². The molecule has 6 heteroatoms. The van der Waals surface area contributed by atoms with Gasteiger partial charge in [0.15, 0.2) is 0 Å². The maximum absolute atomic E-state index is 12.3. The van der Waals surface area contributed by atoms with Gasteiger partial charge in [0.2, 0.25) is 0 Å². The van der Waals surface area contributed by atoms with Gasteiger partial charge in [-0.05, 0) is 62.9 Å². The molecule has 2 N–H and O–H groups in total. The Bertz CT molecular complexity index is 562. The molecule has 118 valence electrons. The number of aryl methyl sites for hydroxylation is 2. The average molecular weight is 311 g/mol. The quantitative estimate of drug-likeness (QED) is 0.722. The van der Waals surface area contributed by atoms with E-state index in [1.165, 1.54) is 17.1 Å². The molecule has 0 aromatic heterocycles. The number of nitrogens with one attached hydrogen (secondary N) is 2. The number of nitrogens with zero attached hydrogens (tertiary/aromatic N) is 1. The first kappa shape index (κ1) is 16.3. The van der Waals surface area contributed by atoms with E-state index >= 15 is 0 Å². The SMILES string of the molecule is Cc1cc(C)cc(NS(=O)(=O)N(C)CCCNC2CC2)c1. The van der Waals surface area contributed by atoms with Crippen LogP contribution in [-0.2, 0) is 10.2 Å². The van der Waals surface area contributed by atoms with Crippen LogP contribution in [0.4, 0.5) is 5.69 Å². The summed E-state index contributed by atoms with van der Waals surface area (Å²) in [4.78, 5) is 0. The fourth-order valence-corrected chi connectivity index (χ4v) is 3.22. The van der Waals surface area contributed by atoms with E-state index in [0.29, 0.717) is 18.3 Å². The summed E-state index contributed by atoms with van der Waals surface area (Å²) in [7, 11) is -1.86. The molecule has 0 spiro atoms. The van der Waals surface area contributed by atoms with Crippen LogP contribution >= 0.6 is 0 Å². The Morgan fingerprint density at radius 2 is 1.81 bits per heavy atom. The van der Waals surface area contributed by atoms with E-state index in [-0.39, 0.29) is 0 Å². The Morgan fingerprint density at radius 1 is 1.19 bits per heavy atom. The Labute approximate surface area is 127 Å². The molecule has 1 saturated carbocycles. The topological polar surface area (TPSA) is 61.4 Å². The van der Waals surface area contributed by atoms with Crippen molar-refractivity contribution in [2.75, 3.05) is 24.9 Å². The molecule has 1 fully saturated rings. The third-order valence-corrected chi connectivity index (χ3v) is 5.04. The fourth-order valence-electron chi connectivity index (χ4n) is 2.28. The summed E-state index contributed by atoms with van der Waals surface area (Å²) in [5.41, 5.74) is 2.71. The van der Waals surface area contributed by atoms with Gasteiger partial charge in [-0.1, -0.05) is 6.07 Å². The average Bonchev–Trinajstić information content (AvgIpc) is 3.16. The molecule has 0 amide bonds. The van der Waals surface area contributed by atoms with Gasteiger partial charge in [0.1, 0.15) is 0 Å². The van der Waals surface area contributed by atoms with Crippen LogP contribution in [0.5, 0.6) is 0 Å². The lowest BCUT2D eigenvalue weighted by Gasteiger charge is -2.19. The van der Waals surface area contributed by atoms with E-state index in [0.717, 1.165) is 24.1 Å². The Hall–Kier alpha value is -1.11. The van der Waals surface area contributed by atoms with Crippen LogP contribution in [0.15, 0.2) is 18.2 Å². The molecule has 21 heavy (non-hydrogen) atoms. The molecule has 0 saturated heterocycles. The van der Waals surface area contributed by atoms with Gasteiger partial charge in [0.25, 0.3) is 0 Å². The number of benzene rings is 1. The first-order valence-corrected chi connectivity index (χ1v) is 8.86. The van der Waals surface area contributed by atoms with Crippen molar-refractivity contribution in [3.63, 3.8) is 0 Å². The third-order valence-electron chi connectivity index (χ3n) is 3.54. The van der Waals surface area contributed by atoms with Crippen molar-refractivity contribution >= 4 is 15.9 Å². The van der Waals surface area contributed by atoms with Gasteiger partial charge in [-0.3, -0.25) is 4.72 Å². The zero-order valence-corrected chi connectivity index (χ0v) is 13.8. The molecule has 0 atom stereocenters. The van der Waals surface area contributed by atoms with Crippen molar-refractivity contribution < 1.29 is 8.42 Å². The van der Waals surface area contributed by atoms with Crippen LogP contribution in [-0.4, -0.2) is 38.9 Å². The lowest BCUT2D eigenvalue weighted by atomic mass is 10.1. The highest BCUT2D eigenvalue weighted by molar-refractivity contribution is 7.90. The lowest BCUT2D eigenvalue weighted by Crippen LogP contribution is -2.34. The largest absolute Gasteiger partial charge is 0.314 e. The molecule has 0 unspecified atom stereocenters. The molecule has 0 radical (unpaired) electrons. The van der Waals surface area contributed by atoms with Crippen molar-refractivity contribution in [2.45, 2.75) is 39.2 Å². The summed E-state index contributed by atoms with van der Waals surface area (Å²) in [6.07, 6.45) is 3.32. The second-order valence-corrected chi connectivity index (χ2v) is 7.66. The van der Waals surface area contributed by atoms with Crippen LogP contribution < -0.4 is 10.0 Å². The van der Waals surface area contributed by atoms with E-state index in [1.54, 1.807) is 7.05 Å². The first-order valence-electron chi connectivity index (χ1n) is 7.42. The Morgan fingerprint density at radius 3 is 2.38 bits per heavy atom. The number of anilines is 1. The highest BCUT2D eigenvalue weighted by Crippen LogP contribution is 2.18. The fraction of sp³-hybridized carbons (Fsp3) is 0.600. The molecule has 1 aromatic rings. The molecular formula is C15H25N3O2S. The molecule has 1 aromatic carbocycles. The van der Waals surface area contributed by atoms with E-state index in [1.807, 2.05) is 32.0 Å². The minimum absolute atomic E-state index is 0.514. The maximum atomic E-state index is 12.3. The number of hydrogen-bond donors (Lipinski definition) is 2. The zero-order chi connectivity index (χ0) is 15.5. The molecule has 1 aliphatic rings. The summed E-state index contributed by atoms with van der Waals surface area (Å²) in [6, 6.07) is 6.37. The zero-order valence-electron chi connectivity index (χ0n) is 13.0. The standard InChI is InChI=1S/C15H25N3O2S/c1-12-9-13(2)11-15(10-12)17-21(19,20)18(3)8-4-7-16-14-5-6-14/h9-11,14,16-17H,4-8H2,1-3H3. The van der Waals surface area contributed by atoms with Crippen molar-refractivity contribution in [3.05, 3.63) is 29.3 Å². The minimum Gasteiger partial charge on any atom is -0.314 e. The van der Waals surface area contributed by atoms with Gasteiger partial charge < -0.3 is 5.32 Å². The molecule has 0 aliphatic heterocycles. The normalized spacial score (nSPS) is 15.4. The number of rotatable bonds is 8. The molecular weight excluding hydrogens is 286 g/mol. The molecule has 0 bridgehead atoms. The molecule has 0 heterocycles. The predicted molar refractivity (Wildman–Crippen MR) is 86.7 cm³/mol. The van der Waals surface area contributed by atoms with E-state index in [4.69, 9.17) is 0 Å². The van der Waals surface area contributed by atoms with Crippen LogP contribution in [0.3, 0.4) is 0 Å². The van der Waals surface area contributed by atoms with Crippen LogP contribution in [0.1, 0.15) is 30.4 Å². The van der Waals surface area contributed by atoms with Gasteiger partial charge in [-0.2, -0.15) is 12.7 Å². The monoisotopic (exact) mass is 311 g/mol.